The zero-order valence-electron chi connectivity index (χ0n) is 22.4. The second-order valence-electron chi connectivity index (χ2n) is 11.2. The Morgan fingerprint density at radius 1 is 1.27 bits per heavy atom. The van der Waals surface area contributed by atoms with Gasteiger partial charge in [-0.2, -0.15) is 18.3 Å². The number of carbonyl (C=O) groups excluding carboxylic acids is 2. The first-order valence-electron chi connectivity index (χ1n) is 13.5. The van der Waals surface area contributed by atoms with Crippen LogP contribution in [0.2, 0.25) is 0 Å². The Morgan fingerprint density at radius 2 is 2.05 bits per heavy atom. The number of aromatic nitrogens is 5. The molecule has 0 aromatic carbocycles. The summed E-state index contributed by atoms with van der Waals surface area (Å²) in [6.07, 6.45) is -3.28. The van der Waals surface area contributed by atoms with E-state index in [1.54, 1.807) is 26.0 Å². The van der Waals surface area contributed by atoms with Crippen molar-refractivity contribution < 1.29 is 36.2 Å². The smallest absolute Gasteiger partial charge is 0.355 e. The van der Waals surface area contributed by atoms with Gasteiger partial charge in [0.2, 0.25) is 11.8 Å². The maximum Gasteiger partial charge on any atom is 0.393 e. The van der Waals surface area contributed by atoms with Gasteiger partial charge in [0.1, 0.15) is 5.69 Å². The number of piperidine rings is 1. The van der Waals surface area contributed by atoms with Crippen LogP contribution in [0.15, 0.2) is 23.0 Å². The molecule has 3 aromatic rings. The number of amides is 2. The van der Waals surface area contributed by atoms with E-state index in [4.69, 9.17) is 4.63 Å². The lowest BCUT2D eigenvalue weighted by molar-refractivity contribution is -0.183. The van der Waals surface area contributed by atoms with Crippen LogP contribution in [0.3, 0.4) is 0 Å². The van der Waals surface area contributed by atoms with E-state index in [0.717, 1.165) is 0 Å². The maximum atomic E-state index is 14.4. The average molecular weight is 584 g/mol. The largest absolute Gasteiger partial charge is 0.393 e. The molecule has 1 aliphatic heterocycles. The molecule has 1 aliphatic carbocycles. The third-order valence-corrected chi connectivity index (χ3v) is 7.81. The Labute approximate surface area is 231 Å². The zero-order chi connectivity index (χ0) is 29.5. The molecule has 3 aromatic heterocycles. The molecule has 2 N–H and O–H groups in total. The summed E-state index contributed by atoms with van der Waals surface area (Å²) in [4.78, 5) is 30.0. The fraction of sp³-hybridized carbons (Fsp3) is 0.615. The molecule has 4 atom stereocenters. The monoisotopic (exact) mass is 583 g/mol. The molecule has 41 heavy (non-hydrogen) atoms. The van der Waals surface area contributed by atoms with Gasteiger partial charge < -0.3 is 10.6 Å². The number of fused-ring (bicyclic) bond motifs is 1. The molecule has 0 spiro atoms. The van der Waals surface area contributed by atoms with Crippen LogP contribution in [0.25, 0.3) is 5.65 Å². The second kappa shape index (κ2) is 11.0. The van der Waals surface area contributed by atoms with Crippen molar-refractivity contribution in [1.29, 1.82) is 0 Å². The lowest BCUT2D eigenvalue weighted by atomic mass is 9.80. The first-order valence-corrected chi connectivity index (χ1v) is 13.5. The second-order valence-corrected chi connectivity index (χ2v) is 11.2. The fourth-order valence-corrected chi connectivity index (χ4v) is 5.65. The van der Waals surface area contributed by atoms with E-state index in [-0.39, 0.29) is 37.3 Å². The lowest BCUT2D eigenvalue weighted by Gasteiger charge is -2.34. The van der Waals surface area contributed by atoms with Gasteiger partial charge in [-0.25, -0.2) is 22.9 Å². The molecule has 2 fully saturated rings. The fourth-order valence-electron chi connectivity index (χ4n) is 5.65. The van der Waals surface area contributed by atoms with Crippen molar-refractivity contribution in [2.24, 2.45) is 17.8 Å². The number of nitrogens with zero attached hydrogens (tertiary/aromatic N) is 5. The number of halogens is 5. The van der Waals surface area contributed by atoms with Crippen molar-refractivity contribution in [3.63, 3.8) is 0 Å². The van der Waals surface area contributed by atoms with Gasteiger partial charge in [0, 0.05) is 37.6 Å². The highest BCUT2D eigenvalue weighted by atomic mass is 19.4. The van der Waals surface area contributed by atoms with Gasteiger partial charge in [0.15, 0.2) is 11.3 Å². The third kappa shape index (κ3) is 6.32. The molecule has 222 valence electrons. The number of hydrogen-bond donors (Lipinski definition) is 2. The van der Waals surface area contributed by atoms with Crippen LogP contribution < -0.4 is 10.6 Å². The maximum absolute atomic E-state index is 14.4. The Kier molecular flexibility index (Phi) is 7.72. The molecule has 0 bridgehead atoms. The highest BCUT2D eigenvalue weighted by Crippen LogP contribution is 2.42. The highest BCUT2D eigenvalue weighted by Gasteiger charge is 2.45. The molecule has 2 aliphatic rings. The van der Waals surface area contributed by atoms with Gasteiger partial charge in [0.05, 0.1) is 29.5 Å². The van der Waals surface area contributed by atoms with E-state index >= 15 is 0 Å². The van der Waals surface area contributed by atoms with Gasteiger partial charge in [-0.05, 0) is 42.5 Å². The Hall–Kier alpha value is -3.65. The van der Waals surface area contributed by atoms with Crippen LogP contribution in [0, 0.1) is 17.8 Å². The summed E-state index contributed by atoms with van der Waals surface area (Å²) < 4.78 is 74.7. The van der Waals surface area contributed by atoms with Crippen LogP contribution >= 0.6 is 0 Å². The van der Waals surface area contributed by atoms with Gasteiger partial charge in [-0.3, -0.25) is 9.59 Å². The van der Waals surface area contributed by atoms with E-state index in [2.05, 4.69) is 31.0 Å². The van der Waals surface area contributed by atoms with E-state index in [9.17, 15) is 31.5 Å². The van der Waals surface area contributed by atoms with Gasteiger partial charge in [-0.1, -0.05) is 19.0 Å². The van der Waals surface area contributed by atoms with Crippen molar-refractivity contribution in [2.45, 2.75) is 76.4 Å². The topological polar surface area (TPSA) is 127 Å². The number of nitrogens with one attached hydrogen (secondary N) is 2. The first-order chi connectivity index (χ1) is 19.3. The number of rotatable bonds is 7. The molecule has 5 rings (SSSR count). The minimum atomic E-state index is -4.42. The number of carbonyl (C=O) groups is 2. The van der Waals surface area contributed by atoms with E-state index < -0.39 is 60.7 Å². The van der Waals surface area contributed by atoms with E-state index in [0.29, 0.717) is 29.1 Å². The quantitative estimate of drug-likeness (QED) is 0.395. The predicted molar refractivity (Wildman–Crippen MR) is 133 cm³/mol. The summed E-state index contributed by atoms with van der Waals surface area (Å²) in [7, 11) is 0. The molecular formula is C26H30F5N7O3. The molecule has 15 heteroatoms. The Balaban J connectivity index is 1.41. The van der Waals surface area contributed by atoms with Gasteiger partial charge >= 0.3 is 6.18 Å². The summed E-state index contributed by atoms with van der Waals surface area (Å²) in [5, 5.41) is 17.0. The van der Waals surface area contributed by atoms with Crippen molar-refractivity contribution in [3.8, 4) is 0 Å². The van der Waals surface area contributed by atoms with Crippen molar-refractivity contribution in [2.75, 3.05) is 6.54 Å². The summed E-state index contributed by atoms with van der Waals surface area (Å²) in [5.41, 5.74) is 1.29. The van der Waals surface area contributed by atoms with Crippen molar-refractivity contribution >= 4 is 17.5 Å². The molecular weight excluding hydrogens is 553 g/mol. The van der Waals surface area contributed by atoms with Crippen molar-refractivity contribution in [3.05, 3.63) is 41.1 Å². The summed E-state index contributed by atoms with van der Waals surface area (Å²) in [6, 6.07) is 2.24. The lowest BCUT2D eigenvalue weighted by Crippen LogP contribution is -2.47. The average Bonchev–Trinajstić information content (AvgIpc) is 3.54. The van der Waals surface area contributed by atoms with Crippen LogP contribution in [-0.2, 0) is 11.2 Å². The molecule has 10 nitrogen and oxygen atoms in total. The Morgan fingerprint density at radius 3 is 2.76 bits per heavy atom. The third-order valence-electron chi connectivity index (χ3n) is 7.81. The van der Waals surface area contributed by atoms with Crippen LogP contribution in [0.5, 0.6) is 0 Å². The Bertz CT molecular complexity index is 1420. The normalized spacial score (nSPS) is 23.9. The molecule has 0 radical (unpaired) electrons. The van der Waals surface area contributed by atoms with Crippen LogP contribution in [0.4, 0.5) is 22.0 Å². The SMILES string of the molecule is CC(C)c1nonc1C(=O)NC(c1cn2nc(CC3C[C@@H](C(F)(F)F)CNC3=O)ccc2n1)[C@@H]1CCCC(F)(F)C1. The summed E-state index contributed by atoms with van der Waals surface area (Å²) >= 11 is 0. The molecule has 4 heterocycles. The van der Waals surface area contributed by atoms with E-state index in [1.165, 1.54) is 10.7 Å². The first kappa shape index (κ1) is 28.9. The highest BCUT2D eigenvalue weighted by molar-refractivity contribution is 5.93. The number of alkyl halides is 5. The molecule has 2 unspecified atom stereocenters. The zero-order valence-corrected chi connectivity index (χ0v) is 22.4. The van der Waals surface area contributed by atoms with Crippen LogP contribution in [-0.4, -0.2) is 55.4 Å². The summed E-state index contributed by atoms with van der Waals surface area (Å²) in [6.45, 7) is 3.16. The van der Waals surface area contributed by atoms with Crippen LogP contribution in [0.1, 0.15) is 85.5 Å². The molecule has 2 amide bonds. The molecule has 1 saturated heterocycles. The minimum Gasteiger partial charge on any atom is -0.355 e. The molecule has 1 saturated carbocycles. The van der Waals surface area contributed by atoms with Gasteiger partial charge in [0.25, 0.3) is 5.91 Å². The predicted octanol–water partition coefficient (Wildman–Crippen LogP) is 4.39. The van der Waals surface area contributed by atoms with Gasteiger partial charge in [-0.15, -0.1) is 0 Å². The van der Waals surface area contributed by atoms with E-state index in [1.807, 2.05) is 0 Å². The number of imidazole rings is 1. The summed E-state index contributed by atoms with van der Waals surface area (Å²) in [5.74, 6) is -7.36. The minimum absolute atomic E-state index is 0.0198. The van der Waals surface area contributed by atoms with Crippen molar-refractivity contribution in [1.82, 2.24) is 35.5 Å². The number of hydrogen-bond acceptors (Lipinski definition) is 7. The standard InChI is InChI=1S/C26H30F5N7O3/c1-13(2)20-22(37-41-36-20)24(40)34-21(14-4-3-7-25(27,28)10-14)18-12-38-19(33-18)6-5-17(35-38)9-15-8-16(26(29,30)31)11-32-23(15)39/h5-6,12-16,21H,3-4,7-11H2,1-2H3,(H,32,39)(H,34,40)/t14-,15?,16-,21?/m1/s1.